The van der Waals surface area contributed by atoms with Crippen LogP contribution in [0.25, 0.3) is 5.41 Å². The third-order valence-corrected chi connectivity index (χ3v) is 1.72. The fourth-order valence-electron chi connectivity index (χ4n) is 1.10. The Morgan fingerprint density at radius 2 is 2.33 bits per heavy atom. The van der Waals surface area contributed by atoms with E-state index in [1.807, 2.05) is 0 Å². The van der Waals surface area contributed by atoms with Crippen molar-refractivity contribution in [3.8, 4) is 0 Å². The van der Waals surface area contributed by atoms with Crippen LogP contribution in [0.15, 0.2) is 28.9 Å². The first-order valence-electron chi connectivity index (χ1n) is 3.65. The molecule has 7 heteroatoms. The van der Waals surface area contributed by atoms with Crippen LogP contribution in [0.3, 0.4) is 0 Å². The molecule has 0 saturated heterocycles. The van der Waals surface area contributed by atoms with E-state index in [0.29, 0.717) is 0 Å². The second kappa shape index (κ2) is 5.82. The molecule has 0 atom stereocenters. The summed E-state index contributed by atoms with van der Waals surface area (Å²) in [6.45, 7) is 0. The zero-order valence-electron chi connectivity index (χ0n) is 8.28. The molecular weight excluding hydrogens is 214 g/mol. The third-order valence-electron chi connectivity index (χ3n) is 1.72. The summed E-state index contributed by atoms with van der Waals surface area (Å²) in [7, 11) is 1.21. The van der Waals surface area contributed by atoms with Crippen LogP contribution in [0.1, 0.15) is 6.42 Å². The molecule has 0 spiro atoms. The average molecular weight is 220 g/mol. The van der Waals surface area contributed by atoms with Crippen molar-refractivity contribution in [1.82, 2.24) is 0 Å². The number of methoxy groups -OCH3 is 1. The van der Waals surface area contributed by atoms with E-state index in [2.05, 4.69) is 4.74 Å². The van der Waals surface area contributed by atoms with E-state index >= 15 is 0 Å². The number of halogens is 1. The number of nitrogens with zero attached hydrogens (tertiary/aromatic N) is 2. The van der Waals surface area contributed by atoms with E-state index < -0.39 is 10.8 Å². The third kappa shape index (κ3) is 3.00. The van der Waals surface area contributed by atoms with Crippen LogP contribution < -0.4 is 29.6 Å². The molecule has 0 aromatic heterocycles. The quantitative estimate of drug-likeness (QED) is 0.247. The van der Waals surface area contributed by atoms with Crippen molar-refractivity contribution in [1.29, 1.82) is 0 Å². The monoisotopic (exact) mass is 220 g/mol. The van der Waals surface area contributed by atoms with Crippen molar-refractivity contribution < 1.29 is 43.6 Å². The number of ether oxygens (including phenoxy) is 1. The van der Waals surface area contributed by atoms with Crippen molar-refractivity contribution >= 4 is 5.87 Å². The summed E-state index contributed by atoms with van der Waals surface area (Å²) in [6.07, 6.45) is 0.555. The molecule has 0 aliphatic heterocycles. The van der Waals surface area contributed by atoms with Crippen LogP contribution in [0.2, 0.25) is 0 Å². The van der Waals surface area contributed by atoms with Crippen molar-refractivity contribution in [2.45, 2.75) is 6.42 Å². The maximum Gasteiger partial charge on any atom is 1.00 e. The van der Waals surface area contributed by atoms with Gasteiger partial charge >= 0.3 is 29.6 Å². The molecule has 15 heavy (non-hydrogen) atoms. The Balaban J connectivity index is 0.00000196. The summed E-state index contributed by atoms with van der Waals surface area (Å²) in [6, 6.07) is 0. The van der Waals surface area contributed by atoms with E-state index in [1.54, 1.807) is 5.87 Å². The van der Waals surface area contributed by atoms with Crippen molar-refractivity contribution in [3.63, 3.8) is 0 Å². The normalized spacial score (nSPS) is 15.1. The van der Waals surface area contributed by atoms with Gasteiger partial charge in [0.15, 0.2) is 11.6 Å². The van der Waals surface area contributed by atoms with E-state index in [4.69, 9.17) is 5.41 Å². The van der Waals surface area contributed by atoms with E-state index in [1.165, 1.54) is 7.11 Å². The number of allylic oxidation sites excluding steroid dienone is 4. The molecule has 1 rings (SSSR count). The minimum atomic E-state index is -0.887. The first-order chi connectivity index (χ1) is 6.60. The zero-order chi connectivity index (χ0) is 10.7. The van der Waals surface area contributed by atoms with Gasteiger partial charge in [-0.2, -0.15) is 0 Å². The Labute approximate surface area is 107 Å². The van der Waals surface area contributed by atoms with Crippen LogP contribution in [0.5, 0.6) is 0 Å². The van der Waals surface area contributed by atoms with Crippen LogP contribution >= 0.6 is 0 Å². The van der Waals surface area contributed by atoms with Crippen LogP contribution in [-0.4, -0.2) is 17.9 Å². The molecule has 0 heterocycles. The predicted molar refractivity (Wildman–Crippen MR) is 46.7 cm³/mol. The topological polar surface area (TPSA) is 74.7 Å². The minimum absolute atomic E-state index is 0. The fourth-order valence-corrected chi connectivity index (χ4v) is 1.10. The van der Waals surface area contributed by atoms with Gasteiger partial charge < -0.3 is 10.1 Å². The van der Waals surface area contributed by atoms with E-state index in [9.17, 15) is 14.5 Å². The molecule has 1 aliphatic carbocycles. The molecule has 74 valence electrons. The Bertz CT molecular complexity index is 397. The van der Waals surface area contributed by atoms with Gasteiger partial charge in [-0.1, -0.05) is 0 Å². The second-order valence-electron chi connectivity index (χ2n) is 2.54. The standard InChI is InChI=1S/C8H6FN2O3.Na/c1-14-8-5(4-10)2-6(11(12)13)3-7(8)9;/h3H,2H2,1H3;/q-1;+1. The Morgan fingerprint density at radius 1 is 1.73 bits per heavy atom. The molecule has 1 aliphatic rings. The predicted octanol–water partition coefficient (Wildman–Crippen LogP) is -1.45. The van der Waals surface area contributed by atoms with Gasteiger partial charge in [-0.15, -0.1) is 0 Å². The van der Waals surface area contributed by atoms with Crippen molar-refractivity contribution in [2.75, 3.05) is 7.11 Å². The molecule has 0 radical (unpaired) electrons. The van der Waals surface area contributed by atoms with Gasteiger partial charge in [0.2, 0.25) is 0 Å². The zero-order valence-corrected chi connectivity index (χ0v) is 10.3. The fraction of sp³-hybridized carbons (Fsp3) is 0.250. The molecule has 0 N–H and O–H groups in total. The minimum Gasteiger partial charge on any atom is -0.763 e. The molecule has 0 saturated carbocycles. The number of nitro groups is 1. The summed E-state index contributed by atoms with van der Waals surface area (Å²) < 4.78 is 17.7. The van der Waals surface area contributed by atoms with Gasteiger partial charge in [0.05, 0.1) is 24.5 Å². The number of hydrogen-bond donors (Lipinski definition) is 0. The SMILES string of the molecule is COC1=C(F)C=C([N+](=O)[O-])CC1=C=[N-].[Na+]. The van der Waals surface area contributed by atoms with Gasteiger partial charge in [0.25, 0.3) is 5.70 Å². The van der Waals surface area contributed by atoms with Gasteiger partial charge in [0.1, 0.15) is 0 Å². The van der Waals surface area contributed by atoms with Crippen molar-refractivity contribution in [3.05, 3.63) is 44.5 Å². The Morgan fingerprint density at radius 3 is 2.73 bits per heavy atom. The second-order valence-corrected chi connectivity index (χ2v) is 2.54. The summed E-state index contributed by atoms with van der Waals surface area (Å²) >= 11 is 0. The van der Waals surface area contributed by atoms with Crippen LogP contribution in [0, 0.1) is 10.1 Å². The maximum absolute atomic E-state index is 13.1. The summed E-state index contributed by atoms with van der Waals surface area (Å²) in [4.78, 5) is 9.62. The smallest absolute Gasteiger partial charge is 0.763 e. The summed E-state index contributed by atoms with van der Waals surface area (Å²) in [5.74, 6) is 0.558. The van der Waals surface area contributed by atoms with Gasteiger partial charge in [0, 0.05) is 5.57 Å². The first-order valence-corrected chi connectivity index (χ1v) is 3.65. The van der Waals surface area contributed by atoms with Crippen molar-refractivity contribution in [2.24, 2.45) is 0 Å². The van der Waals surface area contributed by atoms with Gasteiger partial charge in [-0.3, -0.25) is 16.0 Å². The average Bonchev–Trinajstić information content (AvgIpc) is 2.16. The molecular formula is C8H6FN2NaO3. The van der Waals surface area contributed by atoms with E-state index in [-0.39, 0.29) is 53.0 Å². The van der Waals surface area contributed by atoms with E-state index in [0.717, 1.165) is 6.08 Å². The Kier molecular flexibility index (Phi) is 5.46. The summed E-state index contributed by atoms with van der Waals surface area (Å²) in [5.41, 5.74) is -0.418. The van der Waals surface area contributed by atoms with Gasteiger partial charge in [-0.25, -0.2) is 4.39 Å². The largest absolute Gasteiger partial charge is 1.00 e. The molecule has 0 fully saturated rings. The maximum atomic E-state index is 13.1. The molecule has 0 amide bonds. The molecule has 0 bridgehead atoms. The molecule has 0 aromatic carbocycles. The molecule has 0 aromatic rings. The molecule has 5 nitrogen and oxygen atoms in total. The van der Waals surface area contributed by atoms with Crippen LogP contribution in [-0.2, 0) is 4.74 Å². The molecule has 0 unspecified atom stereocenters. The Hall–Kier alpha value is -0.940. The summed E-state index contributed by atoms with van der Waals surface area (Å²) in [5, 5.41) is 18.9. The number of rotatable bonds is 2. The number of hydrogen-bond acceptors (Lipinski definition) is 3. The van der Waals surface area contributed by atoms with Gasteiger partial charge in [-0.05, 0) is 0 Å². The first kappa shape index (κ1) is 14.1. The van der Waals surface area contributed by atoms with Crippen LogP contribution in [0.4, 0.5) is 4.39 Å².